The van der Waals surface area contributed by atoms with Crippen LogP contribution in [0.1, 0.15) is 27.7 Å². The Morgan fingerprint density at radius 1 is 1.33 bits per heavy atom. The van der Waals surface area contributed by atoms with Gasteiger partial charge in [0.05, 0.1) is 6.61 Å². The third kappa shape index (κ3) is 2.53. The maximum atomic E-state index is 11.6. The molecule has 1 aliphatic heterocycles. The molecule has 1 aliphatic rings. The normalized spacial score (nSPS) is 22.3. The second-order valence-electron chi connectivity index (χ2n) is 4.54. The molecule has 0 aromatic rings. The number of carboxylic acids is 1. The standard InChI is InChI=1S/C10H15NO7/c1-5-16-7(14)10(6(12)13)11(18-10)8(15)17-9(2,3)4/h5H2,1-4H3,(H,12,13). The molecule has 8 nitrogen and oxygen atoms in total. The predicted octanol–water partition coefficient (Wildman–Crippen LogP) is 0.513. The summed E-state index contributed by atoms with van der Waals surface area (Å²) >= 11 is 0. The van der Waals surface area contributed by atoms with E-state index in [1.807, 2.05) is 0 Å². The van der Waals surface area contributed by atoms with Crippen LogP contribution in [-0.2, 0) is 23.9 Å². The van der Waals surface area contributed by atoms with Crippen LogP contribution in [0.2, 0.25) is 0 Å². The fourth-order valence-corrected chi connectivity index (χ4v) is 1.14. The van der Waals surface area contributed by atoms with E-state index in [0.29, 0.717) is 5.06 Å². The van der Waals surface area contributed by atoms with Crippen LogP contribution in [-0.4, -0.2) is 46.1 Å². The molecule has 18 heavy (non-hydrogen) atoms. The highest BCUT2D eigenvalue weighted by molar-refractivity contribution is 6.07. The van der Waals surface area contributed by atoms with Crippen molar-refractivity contribution in [3.05, 3.63) is 0 Å². The van der Waals surface area contributed by atoms with Crippen LogP contribution in [0.3, 0.4) is 0 Å². The van der Waals surface area contributed by atoms with E-state index in [-0.39, 0.29) is 6.61 Å². The minimum Gasteiger partial charge on any atom is -0.477 e. The van der Waals surface area contributed by atoms with Crippen LogP contribution in [0, 0.1) is 0 Å². The number of hydrogen-bond acceptors (Lipinski definition) is 6. The van der Waals surface area contributed by atoms with Gasteiger partial charge in [0, 0.05) is 0 Å². The van der Waals surface area contributed by atoms with Gasteiger partial charge in [-0.3, -0.25) is 0 Å². The van der Waals surface area contributed by atoms with Gasteiger partial charge in [0.2, 0.25) is 0 Å². The summed E-state index contributed by atoms with van der Waals surface area (Å²) in [4.78, 5) is 38.6. The second-order valence-corrected chi connectivity index (χ2v) is 4.54. The largest absolute Gasteiger partial charge is 0.477 e. The molecule has 0 spiro atoms. The van der Waals surface area contributed by atoms with Gasteiger partial charge in [-0.25, -0.2) is 19.2 Å². The number of rotatable bonds is 3. The fraction of sp³-hybridized carbons (Fsp3) is 0.700. The highest BCUT2D eigenvalue weighted by Gasteiger charge is 2.74. The smallest absolute Gasteiger partial charge is 0.438 e. The van der Waals surface area contributed by atoms with Gasteiger partial charge in [0.25, 0.3) is 0 Å². The Morgan fingerprint density at radius 2 is 1.89 bits per heavy atom. The summed E-state index contributed by atoms with van der Waals surface area (Å²) in [7, 11) is 0. The number of carbonyl (C=O) groups excluding carboxylic acids is 2. The number of ether oxygens (including phenoxy) is 2. The maximum absolute atomic E-state index is 11.6. The molecule has 8 heteroatoms. The van der Waals surface area contributed by atoms with Crippen LogP contribution in [0.15, 0.2) is 0 Å². The van der Waals surface area contributed by atoms with E-state index in [9.17, 15) is 14.4 Å². The molecule has 0 bridgehead atoms. The van der Waals surface area contributed by atoms with Gasteiger partial charge in [-0.05, 0) is 27.7 Å². The maximum Gasteiger partial charge on any atom is 0.438 e. The van der Waals surface area contributed by atoms with Crippen LogP contribution in [0.25, 0.3) is 0 Å². The Morgan fingerprint density at radius 3 is 2.28 bits per heavy atom. The molecule has 1 N–H and O–H groups in total. The summed E-state index contributed by atoms with van der Waals surface area (Å²) in [6.07, 6.45) is -1.06. The van der Waals surface area contributed by atoms with E-state index in [4.69, 9.17) is 9.84 Å². The van der Waals surface area contributed by atoms with Gasteiger partial charge >= 0.3 is 23.8 Å². The topological polar surface area (TPSA) is 105 Å². The number of hydrogen-bond donors (Lipinski definition) is 1. The number of carbonyl (C=O) groups is 3. The molecule has 1 rings (SSSR count). The first kappa shape index (κ1) is 14.2. The first-order valence-corrected chi connectivity index (χ1v) is 5.28. The van der Waals surface area contributed by atoms with Crippen molar-refractivity contribution in [2.24, 2.45) is 0 Å². The summed E-state index contributed by atoms with van der Waals surface area (Å²) in [5.74, 6) is -2.80. The molecular weight excluding hydrogens is 246 g/mol. The number of nitrogens with zero attached hydrogens (tertiary/aromatic N) is 1. The van der Waals surface area contributed by atoms with E-state index in [2.05, 4.69) is 9.57 Å². The molecule has 1 unspecified atom stereocenters. The first-order chi connectivity index (χ1) is 8.15. The summed E-state index contributed by atoms with van der Waals surface area (Å²) in [5.41, 5.74) is -3.25. The molecule has 1 amide bonds. The summed E-state index contributed by atoms with van der Waals surface area (Å²) in [6.45, 7) is 6.27. The Labute approximate surface area is 103 Å². The number of amides is 1. The van der Waals surface area contributed by atoms with Crippen molar-refractivity contribution < 1.29 is 33.8 Å². The Bertz CT molecular complexity index is 386. The molecule has 0 aromatic heterocycles. The number of hydroxylamine groups is 2. The van der Waals surface area contributed by atoms with E-state index in [1.54, 1.807) is 20.8 Å². The lowest BCUT2D eigenvalue weighted by molar-refractivity contribution is -0.160. The lowest BCUT2D eigenvalue weighted by Gasteiger charge is -2.18. The second kappa shape index (κ2) is 4.45. The van der Waals surface area contributed by atoms with Crippen LogP contribution < -0.4 is 0 Å². The van der Waals surface area contributed by atoms with Gasteiger partial charge in [-0.2, -0.15) is 0 Å². The summed E-state index contributed by atoms with van der Waals surface area (Å²) < 4.78 is 9.43. The van der Waals surface area contributed by atoms with E-state index in [0.717, 1.165) is 0 Å². The minimum absolute atomic E-state index is 0.0284. The van der Waals surface area contributed by atoms with Crippen molar-refractivity contribution in [3.8, 4) is 0 Å². The van der Waals surface area contributed by atoms with Gasteiger partial charge in [-0.1, -0.05) is 0 Å². The van der Waals surface area contributed by atoms with Crippen molar-refractivity contribution in [2.75, 3.05) is 6.61 Å². The van der Waals surface area contributed by atoms with Crippen LogP contribution in [0.5, 0.6) is 0 Å². The molecule has 0 aromatic carbocycles. The Hall–Kier alpha value is -1.83. The van der Waals surface area contributed by atoms with Crippen LogP contribution in [0.4, 0.5) is 4.79 Å². The third-order valence-corrected chi connectivity index (χ3v) is 1.88. The Kier molecular flexibility index (Phi) is 3.52. The average molecular weight is 261 g/mol. The molecule has 102 valence electrons. The van der Waals surface area contributed by atoms with E-state index in [1.165, 1.54) is 6.92 Å². The summed E-state index contributed by atoms with van der Waals surface area (Å²) in [6, 6.07) is 0. The van der Waals surface area contributed by atoms with Crippen molar-refractivity contribution in [1.29, 1.82) is 0 Å². The average Bonchev–Trinajstić information content (AvgIpc) is 2.91. The first-order valence-electron chi connectivity index (χ1n) is 5.28. The van der Waals surface area contributed by atoms with Gasteiger partial charge in [0.15, 0.2) is 0 Å². The van der Waals surface area contributed by atoms with Crippen molar-refractivity contribution in [2.45, 2.75) is 39.0 Å². The lowest BCUT2D eigenvalue weighted by Crippen LogP contribution is -2.42. The number of esters is 1. The molecule has 0 aliphatic carbocycles. The zero-order chi connectivity index (χ0) is 14.1. The molecule has 1 saturated heterocycles. The van der Waals surface area contributed by atoms with Crippen molar-refractivity contribution in [3.63, 3.8) is 0 Å². The molecular formula is C10H15NO7. The van der Waals surface area contributed by atoms with Crippen LogP contribution >= 0.6 is 0 Å². The van der Waals surface area contributed by atoms with Gasteiger partial charge in [-0.15, -0.1) is 5.06 Å². The van der Waals surface area contributed by atoms with Crippen molar-refractivity contribution in [1.82, 2.24) is 5.06 Å². The van der Waals surface area contributed by atoms with Crippen molar-refractivity contribution >= 4 is 18.0 Å². The molecule has 1 heterocycles. The fourth-order valence-electron chi connectivity index (χ4n) is 1.14. The highest BCUT2D eigenvalue weighted by atomic mass is 16.9. The monoisotopic (exact) mass is 261 g/mol. The summed E-state index contributed by atoms with van der Waals surface area (Å²) in [5, 5.41) is 9.29. The SMILES string of the molecule is CCOC(=O)C1(C(=O)O)ON1C(=O)OC(C)(C)C. The minimum atomic E-state index is -2.42. The molecule has 0 saturated carbocycles. The lowest BCUT2D eigenvalue weighted by atomic mass is 10.2. The van der Waals surface area contributed by atoms with E-state index < -0.39 is 29.4 Å². The quantitative estimate of drug-likeness (QED) is 0.448. The predicted molar refractivity (Wildman–Crippen MR) is 56.2 cm³/mol. The highest BCUT2D eigenvalue weighted by Crippen LogP contribution is 2.38. The van der Waals surface area contributed by atoms with Gasteiger partial charge in [0.1, 0.15) is 5.60 Å². The molecule has 1 atom stereocenters. The third-order valence-electron chi connectivity index (χ3n) is 1.88. The molecule has 0 radical (unpaired) electrons. The zero-order valence-corrected chi connectivity index (χ0v) is 10.6. The van der Waals surface area contributed by atoms with E-state index >= 15 is 0 Å². The zero-order valence-electron chi connectivity index (χ0n) is 10.6. The number of aliphatic carboxylic acids is 1. The number of carboxylic acid groups (broad SMARTS) is 1. The molecule has 1 fully saturated rings. The Balaban J connectivity index is 2.80. The van der Waals surface area contributed by atoms with Gasteiger partial charge < -0.3 is 14.6 Å².